The van der Waals surface area contributed by atoms with E-state index in [0.29, 0.717) is 0 Å². The lowest BCUT2D eigenvalue weighted by molar-refractivity contribution is 1.46. The largest absolute Gasteiger partial charge is 0.244 e. The Hall–Kier alpha value is -3.23. The van der Waals surface area contributed by atoms with E-state index < -0.39 is 0 Å². The maximum absolute atomic E-state index is 2.42. The Morgan fingerprint density at radius 2 is 1.27 bits per heavy atom. The van der Waals surface area contributed by atoms with Crippen molar-refractivity contribution >= 4 is 67.2 Å². The molecule has 1 aliphatic rings. The van der Waals surface area contributed by atoms with E-state index in [-0.39, 0.29) is 6.71 Å². The van der Waals surface area contributed by atoms with Crippen molar-refractivity contribution in [2.75, 3.05) is 0 Å². The highest BCUT2D eigenvalue weighted by atomic mass is 32.2. The highest BCUT2D eigenvalue weighted by Gasteiger charge is 2.33. The van der Waals surface area contributed by atoms with Gasteiger partial charge in [-0.05, 0) is 49.9 Å². The Morgan fingerprint density at radius 1 is 0.533 bits per heavy atom. The summed E-state index contributed by atoms with van der Waals surface area (Å²) in [6.45, 7) is 0.253. The van der Waals surface area contributed by atoms with Crippen LogP contribution in [0.1, 0.15) is 0 Å². The number of rotatable bonds is 1. The van der Waals surface area contributed by atoms with Gasteiger partial charge in [0.15, 0.2) is 0 Å². The van der Waals surface area contributed by atoms with Crippen LogP contribution in [0.4, 0.5) is 0 Å². The summed E-state index contributed by atoms with van der Waals surface area (Å²) in [4.78, 5) is 2.75. The third-order valence-electron chi connectivity index (χ3n) is 6.52. The Morgan fingerprint density at radius 3 is 2.13 bits per heavy atom. The van der Waals surface area contributed by atoms with Crippen molar-refractivity contribution in [1.82, 2.24) is 0 Å². The maximum atomic E-state index is 2.42. The summed E-state index contributed by atoms with van der Waals surface area (Å²) in [5.41, 5.74) is 4.23. The molecule has 0 aromatic heterocycles. The summed E-state index contributed by atoms with van der Waals surface area (Å²) >= 11 is 1.92. The molecular weight excluding hydrogens is 379 g/mol. The van der Waals surface area contributed by atoms with E-state index >= 15 is 0 Å². The Bertz CT molecular complexity index is 1550. The zero-order valence-electron chi connectivity index (χ0n) is 16.3. The molecular formula is C28H17BS. The van der Waals surface area contributed by atoms with Crippen LogP contribution in [-0.2, 0) is 0 Å². The van der Waals surface area contributed by atoms with Gasteiger partial charge in [-0.1, -0.05) is 114 Å². The smallest absolute Gasteiger partial charge is 0.0911 e. The first-order valence-electron chi connectivity index (χ1n) is 10.4. The topological polar surface area (TPSA) is 0 Å². The maximum Gasteiger partial charge on any atom is 0.244 e. The van der Waals surface area contributed by atoms with Gasteiger partial charge in [0, 0.05) is 9.79 Å². The summed E-state index contributed by atoms with van der Waals surface area (Å²) < 4.78 is 0. The fraction of sp³-hybridized carbons (Fsp3) is 0. The van der Waals surface area contributed by atoms with Crippen molar-refractivity contribution in [3.05, 3.63) is 103 Å². The third kappa shape index (κ3) is 2.20. The van der Waals surface area contributed by atoms with Gasteiger partial charge in [0.25, 0.3) is 0 Å². The predicted molar refractivity (Wildman–Crippen MR) is 132 cm³/mol. The molecule has 0 spiro atoms. The second kappa shape index (κ2) is 6.14. The van der Waals surface area contributed by atoms with Crippen molar-refractivity contribution in [3.63, 3.8) is 0 Å². The number of hydrogen-bond acceptors (Lipinski definition) is 1. The van der Waals surface area contributed by atoms with Gasteiger partial charge < -0.3 is 0 Å². The van der Waals surface area contributed by atoms with Crippen molar-refractivity contribution in [1.29, 1.82) is 0 Å². The molecule has 0 unspecified atom stereocenters. The minimum absolute atomic E-state index is 0.253. The van der Waals surface area contributed by atoms with Crippen LogP contribution < -0.4 is 16.4 Å². The second-order valence-electron chi connectivity index (χ2n) is 8.13. The van der Waals surface area contributed by atoms with E-state index in [1.54, 1.807) is 0 Å². The zero-order chi connectivity index (χ0) is 19.7. The molecule has 7 rings (SSSR count). The van der Waals surface area contributed by atoms with Gasteiger partial charge in [0.2, 0.25) is 6.71 Å². The third-order valence-corrected chi connectivity index (χ3v) is 7.67. The lowest BCUT2D eigenvalue weighted by Gasteiger charge is -2.28. The summed E-state index contributed by atoms with van der Waals surface area (Å²) in [7, 11) is 0. The number of hydrogen-bond donors (Lipinski definition) is 0. The first-order valence-corrected chi connectivity index (χ1v) is 11.2. The van der Waals surface area contributed by atoms with Gasteiger partial charge in [-0.25, -0.2) is 0 Å². The fourth-order valence-corrected chi connectivity index (χ4v) is 6.48. The van der Waals surface area contributed by atoms with Crippen LogP contribution >= 0.6 is 11.8 Å². The van der Waals surface area contributed by atoms with Gasteiger partial charge in [-0.2, -0.15) is 0 Å². The second-order valence-corrected chi connectivity index (χ2v) is 9.21. The first kappa shape index (κ1) is 16.6. The molecule has 1 heterocycles. The molecule has 1 aliphatic heterocycles. The highest BCUT2D eigenvalue weighted by Crippen LogP contribution is 2.39. The molecule has 0 bridgehead atoms. The van der Waals surface area contributed by atoms with Crippen LogP contribution in [-0.4, -0.2) is 6.71 Å². The van der Waals surface area contributed by atoms with Crippen LogP contribution in [0.25, 0.3) is 32.3 Å². The Labute approximate surface area is 180 Å². The van der Waals surface area contributed by atoms with Gasteiger partial charge in [0.1, 0.15) is 0 Å². The van der Waals surface area contributed by atoms with Crippen LogP contribution in [0.5, 0.6) is 0 Å². The molecule has 0 saturated heterocycles. The molecule has 0 fully saturated rings. The van der Waals surface area contributed by atoms with Crippen LogP contribution in [0.15, 0.2) is 113 Å². The molecule has 0 saturated carbocycles. The Kier molecular flexibility index (Phi) is 3.39. The molecule has 0 atom stereocenters. The lowest BCUT2D eigenvalue weighted by Crippen LogP contribution is -2.55. The van der Waals surface area contributed by atoms with Crippen molar-refractivity contribution in [2.45, 2.75) is 9.79 Å². The first-order chi connectivity index (χ1) is 14.9. The average molecular weight is 396 g/mol. The molecule has 2 heteroatoms. The molecule has 0 nitrogen and oxygen atoms in total. The quantitative estimate of drug-likeness (QED) is 0.258. The highest BCUT2D eigenvalue weighted by molar-refractivity contribution is 8.00. The molecule has 6 aromatic carbocycles. The van der Waals surface area contributed by atoms with Crippen molar-refractivity contribution in [2.24, 2.45) is 0 Å². The van der Waals surface area contributed by atoms with Crippen molar-refractivity contribution < 1.29 is 0 Å². The molecule has 0 amide bonds. The molecule has 6 aromatic rings. The van der Waals surface area contributed by atoms with Crippen LogP contribution in [0, 0.1) is 0 Å². The number of fused-ring (bicyclic) bond motifs is 3. The van der Waals surface area contributed by atoms with E-state index in [0.717, 1.165) is 0 Å². The van der Waals surface area contributed by atoms with E-state index in [9.17, 15) is 0 Å². The predicted octanol–water partition coefficient (Wildman–Crippen LogP) is 5.56. The summed E-state index contributed by atoms with van der Waals surface area (Å²) in [5, 5.41) is 8.18. The van der Waals surface area contributed by atoms with Crippen LogP contribution in [0.3, 0.4) is 0 Å². The molecule has 0 N–H and O–H groups in total. The van der Waals surface area contributed by atoms with Gasteiger partial charge in [-0.3, -0.25) is 0 Å². The average Bonchev–Trinajstić information content (AvgIpc) is 2.81. The van der Waals surface area contributed by atoms with E-state index in [1.807, 2.05) is 11.8 Å². The summed E-state index contributed by atoms with van der Waals surface area (Å²) in [5.74, 6) is 0. The molecule has 0 aliphatic carbocycles. The van der Waals surface area contributed by atoms with E-state index in [1.165, 1.54) is 58.5 Å². The summed E-state index contributed by atoms with van der Waals surface area (Å²) in [6.07, 6.45) is 0. The minimum Gasteiger partial charge on any atom is -0.0911 e. The number of benzene rings is 6. The van der Waals surface area contributed by atoms with E-state index in [4.69, 9.17) is 0 Å². The zero-order valence-corrected chi connectivity index (χ0v) is 17.1. The van der Waals surface area contributed by atoms with E-state index in [2.05, 4.69) is 103 Å². The SMILES string of the molecule is c1ccc(B2c3ccccc3Sc3cc4ccc5cccc6ccc(c32)c4c56)cc1. The van der Waals surface area contributed by atoms with Gasteiger partial charge in [-0.15, -0.1) is 0 Å². The lowest BCUT2D eigenvalue weighted by atomic mass is 9.36. The molecule has 0 radical (unpaired) electrons. The summed E-state index contributed by atoms with van der Waals surface area (Å²) in [6, 6.07) is 38.2. The minimum atomic E-state index is 0.253. The standard InChI is InChI=1S/C28H17BS/c1-2-9-21(10-3-1)29-23-11-4-5-12-24(23)30-25-17-20-14-13-18-7-6-8-19-15-16-22(28(25)29)27(20)26(18)19/h1-17H. The van der Waals surface area contributed by atoms with Crippen molar-refractivity contribution in [3.8, 4) is 0 Å². The molecule has 30 heavy (non-hydrogen) atoms. The van der Waals surface area contributed by atoms with Crippen LogP contribution in [0.2, 0.25) is 0 Å². The Balaban J connectivity index is 1.66. The monoisotopic (exact) mass is 396 g/mol. The normalized spacial score (nSPS) is 13.1. The van der Waals surface area contributed by atoms with Gasteiger partial charge >= 0.3 is 0 Å². The van der Waals surface area contributed by atoms with Gasteiger partial charge in [0.05, 0.1) is 0 Å². The molecule has 138 valence electrons. The fourth-order valence-electron chi connectivity index (χ4n) is 5.27.